The molecule has 1 saturated carbocycles. The number of alkyl halides is 3. The number of aromatic nitrogens is 3. The zero-order valence-electron chi connectivity index (χ0n) is 37.3. The third-order valence-electron chi connectivity index (χ3n) is 12.7. The number of hydrogen-bond donors (Lipinski definition) is 3. The molecule has 1 aliphatic carbocycles. The topological polar surface area (TPSA) is 162 Å². The van der Waals surface area contributed by atoms with E-state index in [0.29, 0.717) is 54.6 Å². The van der Waals surface area contributed by atoms with E-state index in [2.05, 4.69) is 44.1 Å². The van der Waals surface area contributed by atoms with Gasteiger partial charge in [-0.05, 0) is 53.9 Å². The van der Waals surface area contributed by atoms with E-state index in [1.165, 1.54) is 19.4 Å². The minimum absolute atomic E-state index is 0.0237. The number of nitrogens with zero attached hydrogens (tertiary/aromatic N) is 5. The number of fused-ring (bicyclic) bond motifs is 1. The van der Waals surface area contributed by atoms with E-state index in [1.807, 2.05) is 46.4 Å². The highest BCUT2D eigenvalue weighted by atomic mass is 35.5. The van der Waals surface area contributed by atoms with Crippen LogP contribution in [0.1, 0.15) is 77.6 Å². The molecule has 0 spiro atoms. The molecule has 3 N–H and O–H groups in total. The fourth-order valence-electron chi connectivity index (χ4n) is 9.09. The van der Waals surface area contributed by atoms with Gasteiger partial charge in [0.2, 0.25) is 11.8 Å². The zero-order chi connectivity index (χ0) is 46.6. The predicted octanol–water partition coefficient (Wildman–Crippen LogP) is 8.56. The van der Waals surface area contributed by atoms with Crippen molar-refractivity contribution in [1.82, 2.24) is 30.1 Å². The first-order valence-electron chi connectivity index (χ1n) is 21.2. The van der Waals surface area contributed by atoms with Gasteiger partial charge in [-0.1, -0.05) is 84.3 Å². The molecular formula is C46H54ClF3N8O6. The molecule has 3 fully saturated rings. The van der Waals surface area contributed by atoms with E-state index in [0.717, 1.165) is 6.07 Å². The molecule has 5 atom stereocenters. The highest BCUT2D eigenvalue weighted by Crippen LogP contribution is 2.69. The Kier molecular flexibility index (Phi) is 12.5. The van der Waals surface area contributed by atoms with Crippen molar-refractivity contribution in [1.29, 1.82) is 0 Å². The van der Waals surface area contributed by atoms with E-state index in [4.69, 9.17) is 21.3 Å². The average molecular weight is 907 g/mol. The van der Waals surface area contributed by atoms with Crippen molar-refractivity contribution in [3.05, 3.63) is 77.3 Å². The molecule has 0 bridgehead atoms. The zero-order valence-corrected chi connectivity index (χ0v) is 38.0. The SMILES string of the molecule is COC(=O)N[C@H](C(=O)N1C[C@H]2[C@@H]([C@H]1c1nc(-c3ccc(-c4cc(Cl)c(NC(=O)c5ccc(N6CCN(C(=O)C(C)(C)C)C[C@H]6C)nc5)cc4OC(F)(F)F)cc3)c[nH]1)C2(C)C)C(C)C. The van der Waals surface area contributed by atoms with Crippen molar-refractivity contribution in [2.45, 2.75) is 79.9 Å². The summed E-state index contributed by atoms with van der Waals surface area (Å²) < 4.78 is 50.7. The number of halogens is 4. The van der Waals surface area contributed by atoms with Gasteiger partial charge in [-0.3, -0.25) is 14.4 Å². The molecule has 14 nitrogen and oxygen atoms in total. The van der Waals surface area contributed by atoms with Crippen LogP contribution >= 0.6 is 11.6 Å². The van der Waals surface area contributed by atoms with E-state index in [-0.39, 0.29) is 68.9 Å². The molecule has 64 heavy (non-hydrogen) atoms. The number of likely N-dealkylation sites (tertiary alicyclic amines) is 1. The van der Waals surface area contributed by atoms with E-state index in [9.17, 15) is 32.3 Å². The number of ether oxygens (including phenoxy) is 2. The van der Waals surface area contributed by atoms with Gasteiger partial charge in [-0.25, -0.2) is 14.8 Å². The molecule has 0 unspecified atom stereocenters. The predicted molar refractivity (Wildman–Crippen MR) is 236 cm³/mol. The number of anilines is 2. The molecule has 4 aromatic rings. The van der Waals surface area contributed by atoms with Crippen LogP contribution in [0.25, 0.3) is 22.4 Å². The van der Waals surface area contributed by atoms with E-state index < -0.39 is 35.6 Å². The molecule has 2 aromatic heterocycles. The summed E-state index contributed by atoms with van der Waals surface area (Å²) in [6.45, 7) is 17.8. The Labute approximate surface area is 375 Å². The number of piperidine rings is 1. The second kappa shape index (κ2) is 17.3. The van der Waals surface area contributed by atoms with Crippen LogP contribution < -0.4 is 20.3 Å². The number of piperazine rings is 1. The standard InChI is InChI=1S/C46H54ClF3N8O6/c1-24(2)37(55-43(62)63-9)41(60)58-23-30-36(45(30,7)8)38(58)39-52-21-33(53-39)27-12-10-26(11-13-27)29-18-31(47)32(19-34(29)64-46(48,49)50)54-40(59)28-14-15-35(51-20-28)57-17-16-56(22-25(57)3)42(61)44(4,5)6/h10-15,18-21,24-25,30,36-38H,16-17,22-23H2,1-9H3,(H,52,53)(H,54,59)(H,55,62)/t25-,30+,36+,37+,38+/m1/s1. The highest BCUT2D eigenvalue weighted by Gasteiger charge is 2.68. The van der Waals surface area contributed by atoms with Crippen molar-refractivity contribution in [2.24, 2.45) is 28.6 Å². The molecule has 2 aromatic carbocycles. The minimum atomic E-state index is -5.06. The molecular weight excluding hydrogens is 853 g/mol. The second-order valence-electron chi connectivity index (χ2n) is 18.8. The summed E-state index contributed by atoms with van der Waals surface area (Å²) in [5.41, 5.74) is 1.12. The Morgan fingerprint density at radius 1 is 0.984 bits per heavy atom. The number of pyridine rings is 1. The van der Waals surface area contributed by atoms with E-state index >= 15 is 0 Å². The van der Waals surface area contributed by atoms with Crippen molar-refractivity contribution in [3.8, 4) is 28.1 Å². The lowest BCUT2D eigenvalue weighted by Gasteiger charge is -2.42. The molecule has 2 saturated heterocycles. The van der Waals surface area contributed by atoms with Gasteiger partial charge in [0.05, 0.1) is 35.1 Å². The molecule has 3 aliphatic rings. The Bertz CT molecular complexity index is 2420. The smallest absolute Gasteiger partial charge is 0.453 e. The van der Waals surface area contributed by atoms with Gasteiger partial charge >= 0.3 is 12.5 Å². The lowest BCUT2D eigenvalue weighted by Crippen LogP contribution is -2.56. The Hall–Kier alpha value is -5.84. The average Bonchev–Trinajstić information content (AvgIpc) is 3.61. The van der Waals surface area contributed by atoms with Crippen molar-refractivity contribution >= 4 is 46.9 Å². The number of imidazole rings is 1. The molecule has 0 radical (unpaired) electrons. The summed E-state index contributed by atoms with van der Waals surface area (Å²) in [4.78, 5) is 70.6. The maximum absolute atomic E-state index is 13.9. The summed E-state index contributed by atoms with van der Waals surface area (Å²) in [6, 6.07) is 11.0. The Morgan fingerprint density at radius 2 is 1.67 bits per heavy atom. The first-order chi connectivity index (χ1) is 30.0. The maximum Gasteiger partial charge on any atom is 0.573 e. The van der Waals surface area contributed by atoms with Gasteiger partial charge in [-0.2, -0.15) is 0 Å². The van der Waals surface area contributed by atoms with Gasteiger partial charge in [-0.15, -0.1) is 13.2 Å². The molecule has 2 aliphatic heterocycles. The Balaban J connectivity index is 1.07. The van der Waals surface area contributed by atoms with Gasteiger partial charge in [0.15, 0.2) is 0 Å². The number of amides is 4. The monoisotopic (exact) mass is 906 g/mol. The second-order valence-corrected chi connectivity index (χ2v) is 19.2. The molecule has 342 valence electrons. The lowest BCUT2D eigenvalue weighted by atomic mass is 9.94. The number of carbonyl (C=O) groups is 4. The van der Waals surface area contributed by atoms with Crippen LogP contribution in [0.5, 0.6) is 5.75 Å². The first kappa shape index (κ1) is 46.2. The fraction of sp³-hybridized carbons (Fsp3) is 0.478. The van der Waals surface area contributed by atoms with Crippen LogP contribution in [0, 0.1) is 28.6 Å². The minimum Gasteiger partial charge on any atom is -0.453 e. The first-order valence-corrected chi connectivity index (χ1v) is 21.6. The molecule has 18 heteroatoms. The fourth-order valence-corrected chi connectivity index (χ4v) is 9.30. The van der Waals surface area contributed by atoms with Crippen molar-refractivity contribution in [2.75, 3.05) is 43.5 Å². The summed E-state index contributed by atoms with van der Waals surface area (Å²) in [7, 11) is 1.25. The maximum atomic E-state index is 13.9. The normalized spacial score (nSPS) is 21.0. The lowest BCUT2D eigenvalue weighted by molar-refractivity contribution is -0.274. The van der Waals surface area contributed by atoms with Gasteiger partial charge < -0.3 is 39.8 Å². The van der Waals surface area contributed by atoms with Gasteiger partial charge in [0.1, 0.15) is 23.4 Å². The highest BCUT2D eigenvalue weighted by molar-refractivity contribution is 6.34. The van der Waals surface area contributed by atoms with E-state index in [1.54, 1.807) is 47.5 Å². The number of methoxy groups -OCH3 is 1. The van der Waals surface area contributed by atoms with Crippen LogP contribution in [0.2, 0.25) is 5.02 Å². The summed E-state index contributed by atoms with van der Waals surface area (Å²) in [5.74, 6) is 0.00810. The van der Waals surface area contributed by atoms with Crippen LogP contribution in [0.4, 0.5) is 29.5 Å². The molecule has 4 heterocycles. The number of alkyl carbamates (subject to hydrolysis) is 1. The van der Waals surface area contributed by atoms with Crippen LogP contribution in [-0.4, -0.2) is 100 Å². The summed E-state index contributed by atoms with van der Waals surface area (Å²) >= 11 is 6.62. The quantitative estimate of drug-likeness (QED) is 0.142. The summed E-state index contributed by atoms with van der Waals surface area (Å²) in [6.07, 6.45) is -2.66. The van der Waals surface area contributed by atoms with Crippen molar-refractivity contribution < 1.29 is 41.8 Å². The summed E-state index contributed by atoms with van der Waals surface area (Å²) in [5, 5.41) is 5.24. The van der Waals surface area contributed by atoms with Crippen LogP contribution in [0.3, 0.4) is 0 Å². The van der Waals surface area contributed by atoms with Gasteiger partial charge in [0, 0.05) is 67.2 Å². The molecule has 7 rings (SSSR count). The third-order valence-corrected chi connectivity index (χ3v) is 13.0. The number of carbonyl (C=O) groups excluding carboxylic acids is 4. The third kappa shape index (κ3) is 9.35. The molecule has 4 amide bonds. The number of rotatable bonds is 10. The van der Waals surface area contributed by atoms with Crippen molar-refractivity contribution in [3.63, 3.8) is 0 Å². The van der Waals surface area contributed by atoms with Crippen LogP contribution in [0.15, 0.2) is 60.9 Å². The van der Waals surface area contributed by atoms with Gasteiger partial charge in [0.25, 0.3) is 5.91 Å². The number of hydrogen-bond acceptors (Lipinski definition) is 9. The number of aromatic amines is 1. The number of nitrogens with one attached hydrogen (secondary N) is 3. The largest absolute Gasteiger partial charge is 0.573 e. The number of H-pyrrole nitrogens is 1. The Morgan fingerprint density at radius 3 is 2.27 bits per heavy atom. The number of benzene rings is 2. The van der Waals surface area contributed by atoms with Crippen LogP contribution in [-0.2, 0) is 14.3 Å².